The van der Waals surface area contributed by atoms with Gasteiger partial charge in [-0.15, -0.1) is 0 Å². The third-order valence-electron chi connectivity index (χ3n) is 3.88. The maximum Gasteiger partial charge on any atom is 0.118 e. The van der Waals surface area contributed by atoms with Crippen LogP contribution >= 0.6 is 15.9 Å². The molecule has 0 bridgehead atoms. The summed E-state index contributed by atoms with van der Waals surface area (Å²) in [4.78, 5) is 0. The van der Waals surface area contributed by atoms with Gasteiger partial charge in [0.2, 0.25) is 0 Å². The molecule has 0 saturated heterocycles. The van der Waals surface area contributed by atoms with Crippen LogP contribution in [0.2, 0.25) is 0 Å². The minimum absolute atomic E-state index is 0.382. The van der Waals surface area contributed by atoms with Gasteiger partial charge in [-0.1, -0.05) is 35.0 Å². The number of allylic oxidation sites excluding steroid dienone is 4. The summed E-state index contributed by atoms with van der Waals surface area (Å²) >= 11 is 3.62. The zero-order valence-electron chi connectivity index (χ0n) is 11.6. The Morgan fingerprint density at radius 2 is 2.00 bits per heavy atom. The highest BCUT2D eigenvalue weighted by molar-refractivity contribution is 9.11. The zero-order valence-corrected chi connectivity index (χ0v) is 13.2. The van der Waals surface area contributed by atoms with Crippen LogP contribution in [0.25, 0.3) is 0 Å². The van der Waals surface area contributed by atoms with Gasteiger partial charge >= 0.3 is 0 Å². The molecule has 2 aliphatic rings. The van der Waals surface area contributed by atoms with Crippen molar-refractivity contribution in [3.05, 3.63) is 52.2 Å². The number of benzene rings is 1. The number of ether oxygens (including phenoxy) is 1. The summed E-state index contributed by atoms with van der Waals surface area (Å²) in [6.07, 6.45) is 6.34. The van der Waals surface area contributed by atoms with Gasteiger partial charge in [-0.3, -0.25) is 5.01 Å². The van der Waals surface area contributed by atoms with E-state index in [1.807, 2.05) is 18.3 Å². The molecule has 0 fully saturated rings. The van der Waals surface area contributed by atoms with Gasteiger partial charge in [0.25, 0.3) is 0 Å². The van der Waals surface area contributed by atoms with E-state index in [1.165, 1.54) is 15.7 Å². The van der Waals surface area contributed by atoms with Gasteiger partial charge in [0.05, 0.1) is 13.7 Å². The van der Waals surface area contributed by atoms with Crippen molar-refractivity contribution in [1.29, 1.82) is 0 Å². The van der Waals surface area contributed by atoms with E-state index in [0.717, 1.165) is 12.3 Å². The second-order valence-corrected chi connectivity index (χ2v) is 6.04. The summed E-state index contributed by atoms with van der Waals surface area (Å²) in [7, 11) is 1.68. The molecule has 0 N–H and O–H groups in total. The van der Waals surface area contributed by atoms with Crippen LogP contribution in [0.5, 0.6) is 5.75 Å². The van der Waals surface area contributed by atoms with Crippen LogP contribution in [0.4, 0.5) is 0 Å². The lowest BCUT2D eigenvalue weighted by molar-refractivity contribution is 0.343. The van der Waals surface area contributed by atoms with E-state index >= 15 is 0 Å². The molecule has 0 aromatic heterocycles. The van der Waals surface area contributed by atoms with E-state index in [9.17, 15) is 0 Å². The maximum atomic E-state index is 5.18. The lowest BCUT2D eigenvalue weighted by Crippen LogP contribution is -2.22. The molecule has 3 nitrogen and oxygen atoms in total. The van der Waals surface area contributed by atoms with Crippen molar-refractivity contribution in [1.82, 2.24) is 5.01 Å². The summed E-state index contributed by atoms with van der Waals surface area (Å²) in [6, 6.07) is 8.14. The van der Waals surface area contributed by atoms with E-state index in [1.54, 1.807) is 7.11 Å². The first-order chi connectivity index (χ1) is 9.69. The molecule has 20 heavy (non-hydrogen) atoms. The largest absolute Gasteiger partial charge is 0.497 e. The predicted molar refractivity (Wildman–Crippen MR) is 84.8 cm³/mol. The van der Waals surface area contributed by atoms with Gasteiger partial charge in [0.15, 0.2) is 0 Å². The number of hydrazone groups is 1. The van der Waals surface area contributed by atoms with E-state index in [-0.39, 0.29) is 0 Å². The fourth-order valence-corrected chi connectivity index (χ4v) is 2.99. The Labute approximate surface area is 127 Å². The van der Waals surface area contributed by atoms with Crippen LogP contribution < -0.4 is 4.74 Å². The second kappa shape index (κ2) is 5.44. The molecule has 1 aliphatic heterocycles. The van der Waals surface area contributed by atoms with E-state index in [2.05, 4.69) is 57.2 Å². The minimum Gasteiger partial charge on any atom is -0.497 e. The van der Waals surface area contributed by atoms with Crippen LogP contribution in [-0.2, 0) is 6.54 Å². The molecule has 0 spiro atoms. The number of halogens is 1. The van der Waals surface area contributed by atoms with Gasteiger partial charge in [-0.2, -0.15) is 5.10 Å². The number of hydrogen-bond acceptors (Lipinski definition) is 3. The van der Waals surface area contributed by atoms with Crippen molar-refractivity contribution in [3.63, 3.8) is 0 Å². The van der Waals surface area contributed by atoms with Crippen LogP contribution in [0.1, 0.15) is 12.5 Å². The van der Waals surface area contributed by atoms with Gasteiger partial charge in [-0.25, -0.2) is 0 Å². The highest BCUT2D eigenvalue weighted by Gasteiger charge is 2.32. The van der Waals surface area contributed by atoms with Gasteiger partial charge in [0.1, 0.15) is 5.75 Å². The fraction of sp³-hybridized carbons (Fsp3) is 0.312. The maximum absolute atomic E-state index is 5.18. The van der Waals surface area contributed by atoms with E-state index in [0.29, 0.717) is 11.8 Å². The molecule has 2 atom stereocenters. The number of rotatable bonds is 3. The molecule has 104 valence electrons. The smallest absolute Gasteiger partial charge is 0.118 e. The summed E-state index contributed by atoms with van der Waals surface area (Å²) in [5.74, 6) is 1.72. The average molecular weight is 333 g/mol. The molecule has 0 radical (unpaired) electrons. The Morgan fingerprint density at radius 3 is 2.70 bits per heavy atom. The highest BCUT2D eigenvalue weighted by atomic mass is 79.9. The summed E-state index contributed by atoms with van der Waals surface area (Å²) in [5, 5.41) is 6.64. The Hall–Kier alpha value is -1.55. The lowest BCUT2D eigenvalue weighted by Gasteiger charge is -2.26. The Bertz CT molecular complexity index is 589. The monoisotopic (exact) mass is 332 g/mol. The molecule has 1 aromatic carbocycles. The van der Waals surface area contributed by atoms with Crippen molar-refractivity contribution in [2.45, 2.75) is 13.5 Å². The molecular weight excluding hydrogens is 316 g/mol. The highest BCUT2D eigenvalue weighted by Crippen LogP contribution is 2.38. The molecule has 1 aromatic rings. The van der Waals surface area contributed by atoms with E-state index in [4.69, 9.17) is 4.74 Å². The van der Waals surface area contributed by atoms with Crippen molar-refractivity contribution in [2.75, 3.05) is 7.11 Å². The molecule has 1 aliphatic carbocycles. The fourth-order valence-electron chi connectivity index (χ4n) is 2.57. The Morgan fingerprint density at radius 1 is 1.25 bits per heavy atom. The van der Waals surface area contributed by atoms with Crippen LogP contribution in [0.15, 0.2) is 51.7 Å². The predicted octanol–water partition coefficient (Wildman–Crippen LogP) is 3.93. The second-order valence-electron chi connectivity index (χ2n) is 5.13. The first kappa shape index (κ1) is 13.4. The summed E-state index contributed by atoms with van der Waals surface area (Å²) in [6.45, 7) is 3.02. The molecule has 0 saturated carbocycles. The minimum atomic E-state index is 0.382. The number of methoxy groups -OCH3 is 1. The Kier molecular flexibility index (Phi) is 3.66. The molecule has 2 unspecified atom stereocenters. The van der Waals surface area contributed by atoms with Crippen molar-refractivity contribution >= 4 is 22.1 Å². The number of nitrogens with zero attached hydrogens (tertiary/aromatic N) is 2. The quantitative estimate of drug-likeness (QED) is 0.837. The van der Waals surface area contributed by atoms with Gasteiger partial charge in [0, 0.05) is 23.7 Å². The molecule has 3 rings (SSSR count). The molecular formula is C16H17BrN2O. The standard InChI is InChI=1S/C16H17BrN2O/c1-11-14-9-18-19(16(14)8-7-15(11)17)10-12-3-5-13(20-2)6-4-12/h3-9,11,14H,10H2,1-2H3. The normalized spacial score (nSPS) is 24.2. The first-order valence-corrected chi connectivity index (χ1v) is 7.50. The number of hydrogen-bond donors (Lipinski definition) is 0. The van der Waals surface area contributed by atoms with Gasteiger partial charge < -0.3 is 4.74 Å². The van der Waals surface area contributed by atoms with Crippen molar-refractivity contribution < 1.29 is 4.74 Å². The number of fused-ring (bicyclic) bond motifs is 1. The third-order valence-corrected chi connectivity index (χ3v) is 4.87. The van der Waals surface area contributed by atoms with Crippen molar-refractivity contribution in [3.8, 4) is 5.75 Å². The average Bonchev–Trinajstić information content (AvgIpc) is 2.87. The third kappa shape index (κ3) is 2.40. The lowest BCUT2D eigenvalue weighted by atomic mass is 9.88. The van der Waals surface area contributed by atoms with E-state index < -0.39 is 0 Å². The van der Waals surface area contributed by atoms with Gasteiger partial charge in [-0.05, 0) is 34.3 Å². The van der Waals surface area contributed by atoms with Crippen LogP contribution in [0.3, 0.4) is 0 Å². The SMILES string of the molecule is COc1ccc(CN2N=CC3C2=CC=C(Br)C3C)cc1. The van der Waals surface area contributed by atoms with Crippen molar-refractivity contribution in [2.24, 2.45) is 16.9 Å². The topological polar surface area (TPSA) is 24.8 Å². The van der Waals surface area contributed by atoms with Crippen LogP contribution in [0, 0.1) is 11.8 Å². The Balaban J connectivity index is 1.77. The van der Waals surface area contributed by atoms with Crippen LogP contribution in [-0.4, -0.2) is 18.3 Å². The first-order valence-electron chi connectivity index (χ1n) is 6.71. The molecule has 4 heteroatoms. The summed E-state index contributed by atoms with van der Waals surface area (Å²) in [5.41, 5.74) is 2.50. The molecule has 1 heterocycles. The zero-order chi connectivity index (χ0) is 14.1. The molecule has 0 amide bonds. The summed E-state index contributed by atoms with van der Waals surface area (Å²) < 4.78 is 6.42.